The van der Waals surface area contributed by atoms with Gasteiger partial charge in [-0.15, -0.1) is 0 Å². The number of sulfone groups is 1. The molecule has 0 fully saturated rings. The Hall–Kier alpha value is -2.40. The van der Waals surface area contributed by atoms with Crippen LogP contribution in [0.4, 0.5) is 0 Å². The van der Waals surface area contributed by atoms with Gasteiger partial charge in [-0.25, -0.2) is 13.0 Å². The van der Waals surface area contributed by atoms with Crippen molar-refractivity contribution in [3.05, 3.63) is 41.1 Å². The van der Waals surface area contributed by atoms with Gasteiger partial charge in [0, 0.05) is 25.0 Å². The van der Waals surface area contributed by atoms with Crippen LogP contribution in [0.25, 0.3) is 0 Å². The third-order valence-corrected chi connectivity index (χ3v) is 5.10. The topological polar surface area (TPSA) is 135 Å². The first-order chi connectivity index (χ1) is 12.8. The number of thioether (sulfide) groups is 1. The molecule has 0 aliphatic rings. The van der Waals surface area contributed by atoms with Crippen LogP contribution in [-0.4, -0.2) is 59.9 Å². The van der Waals surface area contributed by atoms with Crippen molar-refractivity contribution >= 4 is 33.2 Å². The third-order valence-electron chi connectivity index (χ3n) is 3.36. The van der Waals surface area contributed by atoms with Crippen molar-refractivity contribution in [3.8, 4) is 0 Å². The van der Waals surface area contributed by atoms with E-state index in [1.54, 1.807) is 0 Å². The molecule has 0 atom stereocenters. The minimum absolute atomic E-state index is 0.245. The summed E-state index contributed by atoms with van der Waals surface area (Å²) in [6.45, 7) is 2.21. The van der Waals surface area contributed by atoms with Crippen molar-refractivity contribution in [2.75, 3.05) is 24.3 Å². The summed E-state index contributed by atoms with van der Waals surface area (Å²) in [6.07, 6.45) is 1.35. The van der Waals surface area contributed by atoms with Crippen LogP contribution >= 0.6 is 11.8 Å². The number of benzene rings is 1. The fourth-order valence-electron chi connectivity index (χ4n) is 2.26. The van der Waals surface area contributed by atoms with E-state index in [4.69, 9.17) is 4.63 Å². The van der Waals surface area contributed by atoms with Crippen LogP contribution in [-0.2, 0) is 21.1 Å². The van der Waals surface area contributed by atoms with Crippen LogP contribution < -0.4 is 5.32 Å². The van der Waals surface area contributed by atoms with Gasteiger partial charge >= 0.3 is 0 Å². The van der Waals surface area contributed by atoms with E-state index in [1.165, 1.54) is 11.8 Å². The van der Waals surface area contributed by atoms with Gasteiger partial charge in [0.15, 0.2) is 20.6 Å². The maximum Gasteiger partial charge on any atom is 0.235 e. The zero-order chi connectivity index (χ0) is 19.9. The Morgan fingerprint density at radius 2 is 2.15 bits per heavy atom. The maximum absolute atomic E-state index is 11.5. The minimum atomic E-state index is -3.36. The highest BCUT2D eigenvalue weighted by Gasteiger charge is 2.18. The van der Waals surface area contributed by atoms with Gasteiger partial charge in [-0.05, 0) is 22.8 Å². The van der Waals surface area contributed by atoms with Crippen molar-refractivity contribution in [1.29, 1.82) is 0 Å². The second-order valence-electron chi connectivity index (χ2n) is 5.90. The van der Waals surface area contributed by atoms with Gasteiger partial charge in [-0.1, -0.05) is 46.7 Å². The summed E-state index contributed by atoms with van der Waals surface area (Å²) in [5, 5.41) is 23.2. The number of aryl methyl sites for hydroxylation is 1. The lowest BCUT2D eigenvalue weighted by Gasteiger charge is -2.05. The largest absolute Gasteiger partial charge is 0.411 e. The molecule has 1 aromatic carbocycles. The first-order valence-corrected chi connectivity index (χ1v) is 11.0. The molecule has 27 heavy (non-hydrogen) atoms. The van der Waals surface area contributed by atoms with E-state index >= 15 is 0 Å². The molecule has 9 nitrogen and oxygen atoms in total. The van der Waals surface area contributed by atoms with Crippen molar-refractivity contribution < 1.29 is 23.0 Å². The van der Waals surface area contributed by atoms with E-state index in [1.807, 2.05) is 31.2 Å². The Morgan fingerprint density at radius 3 is 2.81 bits per heavy atom. The monoisotopic (exact) mass is 412 g/mol. The molecule has 0 spiro atoms. The Morgan fingerprint density at radius 1 is 1.37 bits per heavy atom. The van der Waals surface area contributed by atoms with E-state index in [2.05, 4.69) is 20.8 Å². The molecule has 1 amide bonds. The van der Waals surface area contributed by atoms with E-state index in [-0.39, 0.29) is 6.54 Å². The summed E-state index contributed by atoms with van der Waals surface area (Å²) in [4.78, 5) is 11.5. The molecule has 0 bridgehead atoms. The summed E-state index contributed by atoms with van der Waals surface area (Å²) in [5.41, 5.74) is 2.68. The number of nitrogens with one attached hydrogen (secondary N) is 1. The average molecular weight is 412 g/mol. The predicted octanol–water partition coefficient (Wildman–Crippen LogP) is 1.05. The van der Waals surface area contributed by atoms with Gasteiger partial charge in [0.05, 0.1) is 0 Å². The molecule has 0 unspecified atom stereocenters. The van der Waals surface area contributed by atoms with E-state index < -0.39 is 21.5 Å². The molecule has 0 radical (unpaired) electrons. The molecule has 146 valence electrons. The van der Waals surface area contributed by atoms with E-state index in [0.29, 0.717) is 28.6 Å². The number of hydrogen-bond donors (Lipinski definition) is 2. The van der Waals surface area contributed by atoms with Crippen molar-refractivity contribution in [2.45, 2.75) is 18.4 Å². The summed E-state index contributed by atoms with van der Waals surface area (Å²) >= 11 is 1.25. The number of carbonyl (C=O) groups is 1. The second kappa shape index (κ2) is 9.51. The summed E-state index contributed by atoms with van der Waals surface area (Å²) < 4.78 is 26.9. The minimum Gasteiger partial charge on any atom is -0.411 e. The first-order valence-electron chi connectivity index (χ1n) is 7.95. The summed E-state index contributed by atoms with van der Waals surface area (Å²) in [7, 11) is -3.36. The Balaban J connectivity index is 1.93. The number of aromatic nitrogens is 2. The van der Waals surface area contributed by atoms with Crippen LogP contribution in [0, 0.1) is 6.92 Å². The van der Waals surface area contributed by atoms with Gasteiger partial charge in [-0.2, -0.15) is 0 Å². The Bertz CT molecular complexity index is 924. The van der Waals surface area contributed by atoms with Crippen LogP contribution in [0.2, 0.25) is 0 Å². The highest BCUT2D eigenvalue weighted by molar-refractivity contribution is 7.99. The predicted molar refractivity (Wildman–Crippen MR) is 101 cm³/mol. The molecule has 1 heterocycles. The van der Waals surface area contributed by atoms with Crippen LogP contribution in [0.5, 0.6) is 0 Å². The van der Waals surface area contributed by atoms with Gasteiger partial charge < -0.3 is 10.5 Å². The standard InChI is InChI=1S/C16H20N4O5S2/c1-11-4-3-5-12(8-11)9-13(18-22)15-16(20-25-19-15)26-7-6-17-14(21)10-27(2,23)24/h3-5,8,22H,6-7,9-10H2,1-2H3,(H,17,21). The number of oxime groups is 1. The smallest absolute Gasteiger partial charge is 0.235 e. The molecule has 2 N–H and O–H groups in total. The normalized spacial score (nSPS) is 12.1. The van der Waals surface area contributed by atoms with Crippen LogP contribution in [0.3, 0.4) is 0 Å². The highest BCUT2D eigenvalue weighted by atomic mass is 32.2. The molecule has 0 aliphatic heterocycles. The number of hydrogen-bond acceptors (Lipinski definition) is 9. The molecule has 0 saturated carbocycles. The molecule has 11 heteroatoms. The summed E-state index contributed by atoms with van der Waals surface area (Å²) in [6, 6.07) is 7.77. The lowest BCUT2D eigenvalue weighted by Crippen LogP contribution is -2.31. The third kappa shape index (κ3) is 7.02. The molecule has 2 rings (SSSR count). The maximum atomic E-state index is 11.5. The van der Waals surface area contributed by atoms with Gasteiger partial charge in [0.1, 0.15) is 11.5 Å². The zero-order valence-electron chi connectivity index (χ0n) is 14.9. The lowest BCUT2D eigenvalue weighted by atomic mass is 10.0. The van der Waals surface area contributed by atoms with Crippen LogP contribution in [0.15, 0.2) is 39.1 Å². The molecule has 0 saturated heterocycles. The van der Waals surface area contributed by atoms with Gasteiger partial charge in [0.25, 0.3) is 0 Å². The van der Waals surface area contributed by atoms with Crippen LogP contribution in [0.1, 0.15) is 16.8 Å². The van der Waals surface area contributed by atoms with Crippen molar-refractivity contribution in [1.82, 2.24) is 15.6 Å². The average Bonchev–Trinajstić information content (AvgIpc) is 3.03. The summed E-state index contributed by atoms with van der Waals surface area (Å²) in [5.74, 6) is -0.694. The zero-order valence-corrected chi connectivity index (χ0v) is 16.5. The molecule has 1 aromatic heterocycles. The van der Waals surface area contributed by atoms with E-state index in [0.717, 1.165) is 17.4 Å². The van der Waals surface area contributed by atoms with Gasteiger partial charge in [-0.3, -0.25) is 4.79 Å². The van der Waals surface area contributed by atoms with Gasteiger partial charge in [0.2, 0.25) is 5.91 Å². The molecule has 2 aromatic rings. The lowest BCUT2D eigenvalue weighted by molar-refractivity contribution is -0.118. The quantitative estimate of drug-likeness (QED) is 0.205. The number of rotatable bonds is 9. The van der Waals surface area contributed by atoms with Crippen molar-refractivity contribution in [3.63, 3.8) is 0 Å². The first kappa shape index (κ1) is 20.9. The molecular weight excluding hydrogens is 392 g/mol. The SMILES string of the molecule is Cc1cccc(CC(=NO)c2nonc2SCCNC(=O)CS(C)(=O)=O)c1. The number of carbonyl (C=O) groups excluding carboxylic acids is 1. The highest BCUT2D eigenvalue weighted by Crippen LogP contribution is 2.21. The fourth-order valence-corrected chi connectivity index (χ4v) is 3.61. The fraction of sp³-hybridized carbons (Fsp3) is 0.375. The molecular formula is C16H20N4O5S2. The number of nitrogens with zero attached hydrogens (tertiary/aromatic N) is 3. The Kier molecular flexibility index (Phi) is 7.36. The van der Waals surface area contributed by atoms with E-state index in [9.17, 15) is 18.4 Å². The number of amides is 1. The Labute approximate surface area is 161 Å². The molecule has 0 aliphatic carbocycles. The second-order valence-corrected chi connectivity index (χ2v) is 9.12. The van der Waals surface area contributed by atoms with Crippen molar-refractivity contribution in [2.24, 2.45) is 5.16 Å².